The molecule has 0 heterocycles. The van der Waals surface area contributed by atoms with Crippen LogP contribution in [-0.4, -0.2) is 33.3 Å². The number of thioether (sulfide) groups is 1. The van der Waals surface area contributed by atoms with E-state index in [2.05, 4.69) is 0 Å². The highest BCUT2D eigenvalue weighted by molar-refractivity contribution is 8.02. The van der Waals surface area contributed by atoms with Crippen LogP contribution in [0.25, 0.3) is 0 Å². The average Bonchev–Trinajstić information content (AvgIpc) is 2.25. The molecular formula is C9H13NO4S. The predicted octanol–water partition coefficient (Wildman–Crippen LogP) is 0.171. The number of carbonyl (C=O) groups excluding carboxylic acids is 2. The smallest absolute Gasteiger partial charge is 0.313 e. The third kappa shape index (κ3) is 3.32. The number of hydrogen-bond donors (Lipinski definition) is 2. The molecule has 0 saturated heterocycles. The van der Waals surface area contributed by atoms with Crippen LogP contribution in [0.5, 0.6) is 0 Å². The summed E-state index contributed by atoms with van der Waals surface area (Å²) < 4.78 is 0. The molecular weight excluding hydrogens is 218 g/mol. The monoisotopic (exact) mass is 231 g/mol. The minimum Gasteiger partial charge on any atom is -0.481 e. The van der Waals surface area contributed by atoms with Crippen molar-refractivity contribution < 1.29 is 19.5 Å². The van der Waals surface area contributed by atoms with Gasteiger partial charge in [0.25, 0.3) is 0 Å². The largest absolute Gasteiger partial charge is 0.481 e. The van der Waals surface area contributed by atoms with Gasteiger partial charge in [-0.25, -0.2) is 0 Å². The Hall–Kier alpha value is -0.880. The highest BCUT2D eigenvalue weighted by Crippen LogP contribution is 2.30. The van der Waals surface area contributed by atoms with Crippen molar-refractivity contribution in [2.24, 2.45) is 5.73 Å². The number of rotatable bonds is 3. The quantitative estimate of drug-likeness (QED) is 0.531. The summed E-state index contributed by atoms with van der Waals surface area (Å²) >= 11 is 0.841. The molecule has 3 N–H and O–H groups in total. The lowest BCUT2D eigenvalue weighted by atomic mass is 10.1. The number of carboxylic acid groups (broad SMARTS) is 1. The molecule has 15 heavy (non-hydrogen) atoms. The molecule has 1 atom stereocenters. The molecule has 6 heteroatoms. The van der Waals surface area contributed by atoms with E-state index < -0.39 is 10.8 Å². The lowest BCUT2D eigenvalue weighted by Gasteiger charge is -2.23. The van der Waals surface area contributed by atoms with Crippen LogP contribution in [0, 0.1) is 0 Å². The maximum absolute atomic E-state index is 11.6. The lowest BCUT2D eigenvalue weighted by molar-refractivity contribution is -0.134. The summed E-state index contributed by atoms with van der Waals surface area (Å²) in [5, 5.41) is 8.51. The normalized spacial score (nSPS) is 27.5. The van der Waals surface area contributed by atoms with Gasteiger partial charge in [-0.1, -0.05) is 0 Å². The summed E-state index contributed by atoms with van der Waals surface area (Å²) in [6, 6.07) is 0. The van der Waals surface area contributed by atoms with Crippen LogP contribution >= 0.6 is 11.8 Å². The van der Waals surface area contributed by atoms with E-state index in [-0.39, 0.29) is 30.2 Å². The van der Waals surface area contributed by atoms with E-state index in [9.17, 15) is 14.4 Å². The minimum absolute atomic E-state index is 0.0518. The number of aliphatic carboxylic acids is 1. The number of nitrogens with two attached hydrogens (primary N) is 1. The van der Waals surface area contributed by atoms with Gasteiger partial charge in [0, 0.05) is 19.3 Å². The van der Waals surface area contributed by atoms with E-state index >= 15 is 0 Å². The predicted molar refractivity (Wildman–Crippen MR) is 55.5 cm³/mol. The van der Waals surface area contributed by atoms with Crippen LogP contribution in [0.2, 0.25) is 0 Å². The summed E-state index contributed by atoms with van der Waals surface area (Å²) in [4.78, 5) is 32.0. The van der Waals surface area contributed by atoms with Crippen molar-refractivity contribution >= 4 is 29.3 Å². The zero-order chi connectivity index (χ0) is 11.5. The molecule has 1 fully saturated rings. The highest BCUT2D eigenvalue weighted by Gasteiger charge is 2.38. The second kappa shape index (κ2) is 4.76. The standard InChI is InChI=1S/C9H13NO4S/c10-9(15-5-8(13)14)4-6(11)2-1-3-7(9)12/h1-5,10H2,(H,13,14). The Labute approximate surface area is 91.4 Å². The fraction of sp³-hybridized carbons (Fsp3) is 0.667. The minimum atomic E-state index is -1.33. The Balaban J connectivity index is 2.71. The van der Waals surface area contributed by atoms with Gasteiger partial charge >= 0.3 is 5.97 Å². The molecule has 0 aromatic heterocycles. The van der Waals surface area contributed by atoms with Gasteiger partial charge in [0.05, 0.1) is 5.75 Å². The zero-order valence-electron chi connectivity index (χ0n) is 8.19. The molecule has 0 amide bonds. The molecule has 1 aliphatic rings. The van der Waals surface area contributed by atoms with Crippen molar-refractivity contribution in [2.75, 3.05) is 5.75 Å². The molecule has 0 radical (unpaired) electrons. The molecule has 1 rings (SSSR count). The summed E-state index contributed by atoms with van der Waals surface area (Å²) in [7, 11) is 0. The van der Waals surface area contributed by atoms with Gasteiger partial charge in [-0.2, -0.15) is 0 Å². The Morgan fingerprint density at radius 1 is 1.47 bits per heavy atom. The third-order valence-corrected chi connectivity index (χ3v) is 3.52. The van der Waals surface area contributed by atoms with Gasteiger partial charge < -0.3 is 10.8 Å². The van der Waals surface area contributed by atoms with Crippen molar-refractivity contribution in [1.82, 2.24) is 0 Å². The fourth-order valence-electron chi connectivity index (χ4n) is 1.46. The van der Waals surface area contributed by atoms with Crippen LogP contribution < -0.4 is 5.73 Å². The van der Waals surface area contributed by atoms with E-state index in [1.807, 2.05) is 0 Å². The maximum Gasteiger partial charge on any atom is 0.313 e. The molecule has 1 saturated carbocycles. The van der Waals surface area contributed by atoms with Crippen LogP contribution in [0.3, 0.4) is 0 Å². The van der Waals surface area contributed by atoms with Gasteiger partial charge in [-0.15, -0.1) is 11.8 Å². The van der Waals surface area contributed by atoms with Gasteiger partial charge in [-0.3, -0.25) is 14.4 Å². The molecule has 84 valence electrons. The molecule has 0 aliphatic heterocycles. The maximum atomic E-state index is 11.6. The second-order valence-electron chi connectivity index (χ2n) is 3.56. The third-order valence-electron chi connectivity index (χ3n) is 2.24. The fourth-order valence-corrected chi connectivity index (χ4v) is 2.37. The van der Waals surface area contributed by atoms with Crippen molar-refractivity contribution in [3.8, 4) is 0 Å². The van der Waals surface area contributed by atoms with Gasteiger partial charge in [0.1, 0.15) is 10.7 Å². The number of ketones is 2. The number of hydrogen-bond acceptors (Lipinski definition) is 5. The van der Waals surface area contributed by atoms with Crippen LogP contribution in [-0.2, 0) is 14.4 Å². The Bertz CT molecular complexity index is 304. The van der Waals surface area contributed by atoms with E-state index in [0.717, 1.165) is 11.8 Å². The number of Topliss-reactive ketones (excluding diaryl/α,β-unsaturated/α-hetero) is 2. The lowest BCUT2D eigenvalue weighted by Crippen LogP contribution is -2.46. The zero-order valence-corrected chi connectivity index (χ0v) is 9.01. The van der Waals surface area contributed by atoms with E-state index in [1.165, 1.54) is 0 Å². The first-order valence-electron chi connectivity index (χ1n) is 4.64. The van der Waals surface area contributed by atoms with E-state index in [4.69, 9.17) is 10.8 Å². The van der Waals surface area contributed by atoms with Crippen molar-refractivity contribution in [3.05, 3.63) is 0 Å². The highest BCUT2D eigenvalue weighted by atomic mass is 32.2. The molecule has 0 bridgehead atoms. The Kier molecular flexibility index (Phi) is 3.87. The Morgan fingerprint density at radius 2 is 2.13 bits per heavy atom. The molecule has 0 aromatic carbocycles. The van der Waals surface area contributed by atoms with Crippen molar-refractivity contribution in [1.29, 1.82) is 0 Å². The molecule has 1 aliphatic carbocycles. The molecule has 5 nitrogen and oxygen atoms in total. The van der Waals surface area contributed by atoms with Crippen molar-refractivity contribution in [3.63, 3.8) is 0 Å². The van der Waals surface area contributed by atoms with Crippen LogP contribution in [0.1, 0.15) is 25.7 Å². The SMILES string of the molecule is NC1(SCC(=O)O)CC(=O)CCCC1=O. The number of carbonyl (C=O) groups is 3. The average molecular weight is 231 g/mol. The summed E-state index contributed by atoms with van der Waals surface area (Å²) in [6.07, 6.45) is 1.08. The summed E-state index contributed by atoms with van der Waals surface area (Å²) in [5.74, 6) is -1.58. The van der Waals surface area contributed by atoms with E-state index in [1.54, 1.807) is 0 Å². The van der Waals surface area contributed by atoms with Crippen LogP contribution in [0.4, 0.5) is 0 Å². The summed E-state index contributed by atoms with van der Waals surface area (Å²) in [5.41, 5.74) is 5.77. The van der Waals surface area contributed by atoms with Crippen LogP contribution in [0.15, 0.2) is 0 Å². The number of carboxylic acids is 1. The van der Waals surface area contributed by atoms with E-state index in [0.29, 0.717) is 12.8 Å². The molecule has 0 aromatic rings. The summed E-state index contributed by atoms with van der Waals surface area (Å²) in [6.45, 7) is 0. The first kappa shape index (κ1) is 12.2. The first-order valence-corrected chi connectivity index (χ1v) is 5.62. The molecule has 1 unspecified atom stereocenters. The first-order chi connectivity index (χ1) is 6.94. The molecule has 0 spiro atoms. The topological polar surface area (TPSA) is 97.5 Å². The van der Waals surface area contributed by atoms with Gasteiger partial charge in [0.15, 0.2) is 5.78 Å². The second-order valence-corrected chi connectivity index (χ2v) is 4.87. The Morgan fingerprint density at radius 3 is 2.73 bits per heavy atom. The van der Waals surface area contributed by atoms with Gasteiger partial charge in [-0.05, 0) is 6.42 Å². The van der Waals surface area contributed by atoms with Gasteiger partial charge in [0.2, 0.25) is 0 Å². The van der Waals surface area contributed by atoms with Crippen molar-refractivity contribution in [2.45, 2.75) is 30.6 Å².